The minimum absolute atomic E-state index is 0.0825. The predicted octanol–water partition coefficient (Wildman–Crippen LogP) is 6.29. The molecule has 0 fully saturated rings. The van der Waals surface area contributed by atoms with Crippen LogP contribution in [-0.2, 0) is 14.3 Å². The van der Waals surface area contributed by atoms with Crippen LogP contribution in [0.3, 0.4) is 0 Å². The molecule has 0 saturated heterocycles. The molecule has 0 atom stereocenters. The lowest BCUT2D eigenvalue weighted by molar-refractivity contribution is -0.120. The second-order valence-electron chi connectivity index (χ2n) is 8.75. The van der Waals surface area contributed by atoms with Crippen LogP contribution in [0.1, 0.15) is 46.0 Å². The fourth-order valence-corrected chi connectivity index (χ4v) is 4.22. The third kappa shape index (κ3) is 6.13. The monoisotopic (exact) mass is 565 g/mol. The van der Waals surface area contributed by atoms with E-state index in [1.165, 1.54) is 0 Å². The number of hydrogen-bond acceptors (Lipinski definition) is 6. The minimum atomic E-state index is -0.665. The molecule has 1 heterocycles. The first-order valence-electron chi connectivity index (χ1n) is 12.2. The normalized spacial score (nSPS) is 13.1. The number of unbranched alkanes of at least 4 members (excludes halogenated alkanes) is 1. The standard InChI is InChI=1S/C29H25Cl2N3O5/c1-3-4-15-39-29(38)19-7-5-8-21(16-19)33-26(35)18-11-13-20(14-12-18)32-25-24(31)27(36)34(28(25)37)23-10-6-9-22(30)17(23)2/h5-14,16,32H,3-4,15H2,1-2H3,(H,33,35). The lowest BCUT2D eigenvalue weighted by Gasteiger charge is -2.18. The van der Waals surface area contributed by atoms with Crippen molar-refractivity contribution in [3.63, 3.8) is 0 Å². The molecule has 39 heavy (non-hydrogen) atoms. The number of esters is 1. The zero-order valence-corrected chi connectivity index (χ0v) is 22.7. The summed E-state index contributed by atoms with van der Waals surface area (Å²) in [4.78, 5) is 51.8. The highest BCUT2D eigenvalue weighted by atomic mass is 35.5. The van der Waals surface area contributed by atoms with Gasteiger partial charge < -0.3 is 15.4 Å². The molecule has 0 saturated carbocycles. The Morgan fingerprint density at radius 2 is 1.62 bits per heavy atom. The number of hydrogen-bond donors (Lipinski definition) is 2. The average Bonchev–Trinajstić information content (AvgIpc) is 3.13. The van der Waals surface area contributed by atoms with Gasteiger partial charge in [-0.25, -0.2) is 9.69 Å². The van der Waals surface area contributed by atoms with E-state index in [1.807, 2.05) is 6.92 Å². The van der Waals surface area contributed by atoms with E-state index in [2.05, 4.69) is 10.6 Å². The van der Waals surface area contributed by atoms with Gasteiger partial charge >= 0.3 is 5.97 Å². The largest absolute Gasteiger partial charge is 0.462 e. The molecular weight excluding hydrogens is 541 g/mol. The minimum Gasteiger partial charge on any atom is -0.462 e. The number of nitrogens with one attached hydrogen (secondary N) is 2. The van der Waals surface area contributed by atoms with Crippen molar-refractivity contribution in [2.24, 2.45) is 0 Å². The Kier molecular flexibility index (Phi) is 8.69. The van der Waals surface area contributed by atoms with Gasteiger partial charge in [-0.3, -0.25) is 14.4 Å². The molecule has 3 amide bonds. The van der Waals surface area contributed by atoms with Crippen LogP contribution in [0.5, 0.6) is 0 Å². The van der Waals surface area contributed by atoms with Gasteiger partial charge in [-0.1, -0.05) is 48.7 Å². The molecule has 0 unspecified atom stereocenters. The van der Waals surface area contributed by atoms with Crippen LogP contribution >= 0.6 is 23.2 Å². The number of amides is 3. The third-order valence-electron chi connectivity index (χ3n) is 6.01. The van der Waals surface area contributed by atoms with Crippen LogP contribution in [0.4, 0.5) is 17.1 Å². The first-order valence-corrected chi connectivity index (χ1v) is 13.0. The van der Waals surface area contributed by atoms with E-state index in [-0.39, 0.29) is 10.7 Å². The summed E-state index contributed by atoms with van der Waals surface area (Å²) in [5.41, 5.74) is 2.39. The third-order valence-corrected chi connectivity index (χ3v) is 6.77. The number of carbonyl (C=O) groups is 4. The van der Waals surface area contributed by atoms with E-state index in [0.29, 0.717) is 45.4 Å². The first kappa shape index (κ1) is 27.9. The average molecular weight is 566 g/mol. The molecule has 3 aromatic carbocycles. The maximum absolute atomic E-state index is 13.1. The number of ether oxygens (including phenoxy) is 1. The molecule has 0 aliphatic carbocycles. The number of anilines is 3. The van der Waals surface area contributed by atoms with Gasteiger partial charge in [-0.15, -0.1) is 0 Å². The molecule has 4 rings (SSSR count). The molecule has 0 aromatic heterocycles. The summed E-state index contributed by atoms with van der Waals surface area (Å²) >= 11 is 12.4. The molecule has 0 radical (unpaired) electrons. The van der Waals surface area contributed by atoms with Crippen molar-refractivity contribution in [3.8, 4) is 0 Å². The van der Waals surface area contributed by atoms with E-state index in [1.54, 1.807) is 73.7 Å². The van der Waals surface area contributed by atoms with E-state index in [0.717, 1.165) is 17.7 Å². The molecule has 0 spiro atoms. The fourth-order valence-electron chi connectivity index (χ4n) is 3.84. The molecule has 0 bridgehead atoms. The number of carbonyl (C=O) groups excluding carboxylic acids is 4. The highest BCUT2D eigenvalue weighted by Crippen LogP contribution is 2.34. The van der Waals surface area contributed by atoms with E-state index < -0.39 is 23.7 Å². The summed E-state index contributed by atoms with van der Waals surface area (Å²) in [6.07, 6.45) is 1.69. The lowest BCUT2D eigenvalue weighted by Crippen LogP contribution is -2.32. The highest BCUT2D eigenvalue weighted by Gasteiger charge is 2.39. The van der Waals surface area contributed by atoms with Crippen molar-refractivity contribution < 1.29 is 23.9 Å². The number of benzene rings is 3. The Balaban J connectivity index is 1.43. The molecular formula is C29H25Cl2N3O5. The van der Waals surface area contributed by atoms with Crippen molar-refractivity contribution in [3.05, 3.63) is 99.2 Å². The Morgan fingerprint density at radius 1 is 0.897 bits per heavy atom. The summed E-state index contributed by atoms with van der Waals surface area (Å²) in [5, 5.41) is 5.79. The molecule has 2 N–H and O–H groups in total. The van der Waals surface area contributed by atoms with Crippen LogP contribution < -0.4 is 15.5 Å². The maximum atomic E-state index is 13.1. The fraction of sp³-hybridized carbons (Fsp3) is 0.172. The van der Waals surface area contributed by atoms with Crippen molar-refractivity contribution >= 4 is 64.0 Å². The Bertz CT molecular complexity index is 1480. The molecule has 10 heteroatoms. The van der Waals surface area contributed by atoms with Gasteiger partial charge in [0.15, 0.2) is 0 Å². The SMILES string of the molecule is CCCCOC(=O)c1cccc(NC(=O)c2ccc(NC3=C(Cl)C(=O)N(c4cccc(Cl)c4C)C3=O)cc2)c1. The van der Waals surface area contributed by atoms with Gasteiger partial charge in [-0.05, 0) is 73.5 Å². The Labute approximate surface area is 235 Å². The highest BCUT2D eigenvalue weighted by molar-refractivity contribution is 6.53. The molecule has 1 aliphatic rings. The smallest absolute Gasteiger partial charge is 0.338 e. The van der Waals surface area contributed by atoms with Crippen molar-refractivity contribution in [2.75, 3.05) is 22.1 Å². The van der Waals surface area contributed by atoms with Crippen molar-refractivity contribution in [2.45, 2.75) is 26.7 Å². The summed E-state index contributed by atoms with van der Waals surface area (Å²) in [6.45, 7) is 4.05. The quantitative estimate of drug-likeness (QED) is 0.179. The van der Waals surface area contributed by atoms with Gasteiger partial charge in [0.2, 0.25) is 0 Å². The van der Waals surface area contributed by atoms with Crippen LogP contribution in [-0.4, -0.2) is 30.3 Å². The van der Waals surface area contributed by atoms with E-state index in [9.17, 15) is 19.2 Å². The zero-order valence-electron chi connectivity index (χ0n) is 21.2. The second-order valence-corrected chi connectivity index (χ2v) is 9.53. The van der Waals surface area contributed by atoms with Gasteiger partial charge in [0, 0.05) is 22.0 Å². The summed E-state index contributed by atoms with van der Waals surface area (Å²) in [7, 11) is 0. The van der Waals surface area contributed by atoms with E-state index in [4.69, 9.17) is 27.9 Å². The molecule has 8 nitrogen and oxygen atoms in total. The number of halogens is 2. The maximum Gasteiger partial charge on any atom is 0.338 e. The second kappa shape index (κ2) is 12.1. The molecule has 200 valence electrons. The van der Waals surface area contributed by atoms with Crippen molar-refractivity contribution in [1.82, 2.24) is 0 Å². The van der Waals surface area contributed by atoms with Gasteiger partial charge in [0.1, 0.15) is 10.7 Å². The van der Waals surface area contributed by atoms with Crippen LogP contribution in [0.25, 0.3) is 0 Å². The summed E-state index contributed by atoms with van der Waals surface area (Å²) in [6, 6.07) is 17.7. The van der Waals surface area contributed by atoms with Gasteiger partial charge in [0.05, 0.1) is 17.9 Å². The van der Waals surface area contributed by atoms with Crippen LogP contribution in [0, 0.1) is 6.92 Å². The number of imide groups is 1. The first-order chi connectivity index (χ1) is 18.7. The van der Waals surface area contributed by atoms with Crippen LogP contribution in [0.15, 0.2) is 77.5 Å². The van der Waals surface area contributed by atoms with Gasteiger partial charge in [-0.2, -0.15) is 0 Å². The summed E-state index contributed by atoms with van der Waals surface area (Å²) in [5.74, 6) is -2.13. The molecule has 3 aromatic rings. The number of rotatable bonds is 9. The number of nitrogens with zero attached hydrogens (tertiary/aromatic N) is 1. The lowest BCUT2D eigenvalue weighted by atomic mass is 10.1. The van der Waals surface area contributed by atoms with Crippen LogP contribution in [0.2, 0.25) is 5.02 Å². The summed E-state index contributed by atoms with van der Waals surface area (Å²) < 4.78 is 5.22. The Hall–Kier alpha value is -4.14. The Morgan fingerprint density at radius 3 is 2.33 bits per heavy atom. The van der Waals surface area contributed by atoms with Gasteiger partial charge in [0.25, 0.3) is 17.7 Å². The predicted molar refractivity (Wildman–Crippen MR) is 151 cm³/mol. The molecule has 1 aliphatic heterocycles. The van der Waals surface area contributed by atoms with Crippen molar-refractivity contribution in [1.29, 1.82) is 0 Å². The topological polar surface area (TPSA) is 105 Å². The zero-order chi connectivity index (χ0) is 28.1. The van der Waals surface area contributed by atoms with E-state index >= 15 is 0 Å².